The molecule has 0 nitrogen and oxygen atoms in total. The number of fused-ring (bicyclic) bond motifs is 8. The van der Waals surface area contributed by atoms with Crippen molar-refractivity contribution in [3.05, 3.63) is 156 Å². The smallest absolute Gasteiger partial charge is 0.00137 e. The second kappa shape index (κ2) is 13.0. The van der Waals surface area contributed by atoms with Gasteiger partial charge in [0.25, 0.3) is 0 Å². The van der Waals surface area contributed by atoms with Gasteiger partial charge in [0.15, 0.2) is 0 Å². The molecule has 0 atom stereocenters. The van der Waals surface area contributed by atoms with E-state index in [9.17, 15) is 0 Å². The molecule has 0 heteroatoms. The van der Waals surface area contributed by atoms with E-state index < -0.39 is 0 Å². The lowest BCUT2D eigenvalue weighted by atomic mass is 9.77. The van der Waals surface area contributed by atoms with E-state index in [0.29, 0.717) is 0 Å². The van der Waals surface area contributed by atoms with Crippen LogP contribution in [0.4, 0.5) is 0 Å². The van der Waals surface area contributed by atoms with Crippen LogP contribution in [0.3, 0.4) is 0 Å². The first-order valence-corrected chi connectivity index (χ1v) is 21.3. The molecule has 0 unspecified atom stereocenters. The van der Waals surface area contributed by atoms with Gasteiger partial charge in [-0.1, -0.05) is 204 Å². The van der Waals surface area contributed by atoms with Crippen LogP contribution in [0.25, 0.3) is 86.9 Å². The van der Waals surface area contributed by atoms with E-state index in [4.69, 9.17) is 0 Å². The van der Waals surface area contributed by atoms with Crippen molar-refractivity contribution in [1.29, 1.82) is 0 Å². The molecule has 0 aliphatic rings. The average Bonchev–Trinajstić information content (AvgIpc) is 3.17. The van der Waals surface area contributed by atoms with Crippen molar-refractivity contribution >= 4 is 64.6 Å². The molecule has 290 valence electrons. The summed E-state index contributed by atoms with van der Waals surface area (Å²) in [5, 5.41) is 15.6. The molecule has 9 rings (SSSR count). The number of hydrogen-bond donors (Lipinski definition) is 0. The molecular weight excluding hydrogens is 697 g/mol. The van der Waals surface area contributed by atoms with Crippen LogP contribution >= 0.6 is 0 Å². The molecule has 0 aliphatic heterocycles. The number of rotatable bonds is 2. The van der Waals surface area contributed by atoms with Gasteiger partial charge in [-0.2, -0.15) is 0 Å². The molecule has 58 heavy (non-hydrogen) atoms. The zero-order valence-corrected chi connectivity index (χ0v) is 36.7. The second-order valence-corrected chi connectivity index (χ2v) is 21.1. The minimum atomic E-state index is -0.0352. The molecule has 0 fully saturated rings. The summed E-state index contributed by atoms with van der Waals surface area (Å²) in [5.41, 5.74) is 10.6. The summed E-state index contributed by atoms with van der Waals surface area (Å²) < 4.78 is 0. The lowest BCUT2D eigenvalue weighted by molar-refractivity contribution is 0.589. The Bertz CT molecular complexity index is 3120. The zero-order valence-electron chi connectivity index (χ0n) is 36.7. The lowest BCUT2D eigenvalue weighted by Crippen LogP contribution is -2.13. The molecule has 0 heterocycles. The van der Waals surface area contributed by atoms with Gasteiger partial charge in [0.1, 0.15) is 0 Å². The van der Waals surface area contributed by atoms with Crippen molar-refractivity contribution in [3.63, 3.8) is 0 Å². The maximum atomic E-state index is 2.53. The highest BCUT2D eigenvalue weighted by molar-refractivity contribution is 6.32. The summed E-state index contributed by atoms with van der Waals surface area (Å²) in [6.07, 6.45) is 0. The molecular formula is C58H58. The third-order valence-corrected chi connectivity index (χ3v) is 12.8. The maximum Gasteiger partial charge on any atom is -0.00137 e. The summed E-state index contributed by atoms with van der Waals surface area (Å²) in [5.74, 6) is 0. The molecule has 0 radical (unpaired) electrons. The summed E-state index contributed by atoms with van der Waals surface area (Å²) in [4.78, 5) is 0. The fraction of sp³-hybridized carbons (Fsp3) is 0.276. The molecule has 0 aromatic heterocycles. The lowest BCUT2D eigenvalue weighted by Gasteiger charge is -2.27. The van der Waals surface area contributed by atoms with E-state index >= 15 is 0 Å². The quantitative estimate of drug-likeness (QED) is 0.122. The summed E-state index contributed by atoms with van der Waals surface area (Å²) in [6, 6.07) is 52.1. The minimum Gasteiger partial charge on any atom is -0.0616 e. The van der Waals surface area contributed by atoms with Crippen LogP contribution < -0.4 is 0 Å². The third kappa shape index (κ3) is 6.28. The fourth-order valence-corrected chi connectivity index (χ4v) is 9.26. The fourth-order valence-electron chi connectivity index (χ4n) is 9.26. The van der Waals surface area contributed by atoms with E-state index in [1.807, 2.05) is 0 Å². The van der Waals surface area contributed by atoms with Crippen LogP contribution in [0.5, 0.6) is 0 Å². The number of hydrogen-bond acceptors (Lipinski definition) is 0. The highest BCUT2D eigenvalue weighted by Crippen LogP contribution is 2.51. The Morgan fingerprint density at radius 1 is 0.259 bits per heavy atom. The first kappa shape index (κ1) is 38.1. The van der Waals surface area contributed by atoms with Crippen LogP contribution in [-0.4, -0.2) is 0 Å². The Hall–Kier alpha value is -5.46. The first-order valence-electron chi connectivity index (χ1n) is 21.3. The molecule has 9 aromatic rings. The van der Waals surface area contributed by atoms with Crippen molar-refractivity contribution in [2.24, 2.45) is 0 Å². The van der Waals surface area contributed by atoms with Gasteiger partial charge in [-0.3, -0.25) is 0 Å². The number of benzene rings is 9. The topological polar surface area (TPSA) is 0 Å². The van der Waals surface area contributed by atoms with Crippen LogP contribution in [0.1, 0.15) is 105 Å². The van der Waals surface area contributed by atoms with Crippen molar-refractivity contribution in [2.45, 2.75) is 105 Å². The summed E-state index contributed by atoms with van der Waals surface area (Å²) in [7, 11) is 0. The highest BCUT2D eigenvalue weighted by atomic mass is 14.3. The molecule has 0 aliphatic carbocycles. The Balaban J connectivity index is 1.56. The predicted octanol–water partition coefficient (Wildman–Crippen LogP) is 17.1. The first-order chi connectivity index (χ1) is 27.3. The molecule has 9 aromatic carbocycles. The van der Waals surface area contributed by atoms with E-state index in [2.05, 4.69) is 217 Å². The van der Waals surface area contributed by atoms with Crippen LogP contribution in [0, 0.1) is 0 Å². The third-order valence-electron chi connectivity index (χ3n) is 12.8. The van der Waals surface area contributed by atoms with Crippen LogP contribution in [0.2, 0.25) is 0 Å². The Kier molecular flexibility index (Phi) is 8.55. The molecule has 0 N–H and O–H groups in total. The molecule has 0 amide bonds. The Morgan fingerprint density at radius 2 is 0.672 bits per heavy atom. The average molecular weight is 755 g/mol. The molecule has 0 bridgehead atoms. The zero-order chi connectivity index (χ0) is 41.1. The van der Waals surface area contributed by atoms with Gasteiger partial charge >= 0.3 is 0 Å². The maximum absolute atomic E-state index is 2.53. The summed E-state index contributed by atoms with van der Waals surface area (Å²) >= 11 is 0. The van der Waals surface area contributed by atoms with Gasteiger partial charge < -0.3 is 0 Å². The predicted molar refractivity (Wildman–Crippen MR) is 257 cm³/mol. The van der Waals surface area contributed by atoms with Gasteiger partial charge in [-0.05, 0) is 143 Å². The second-order valence-electron chi connectivity index (χ2n) is 21.1. The minimum absolute atomic E-state index is 0.0127. The van der Waals surface area contributed by atoms with Gasteiger partial charge in [0.05, 0.1) is 0 Å². The SMILES string of the molecule is CC(C)(C)c1cc(-c2c3ccccc3c(-c3cc(C(C)(C)C)cc4ccc(C(C)(C)C)cc34)c3c2ccc2c4ccccc4ccc23)c2cc(C(C)(C)C)ccc2c1. The Labute approximate surface area is 345 Å². The highest BCUT2D eigenvalue weighted by Gasteiger charge is 2.27. The van der Waals surface area contributed by atoms with E-state index in [1.165, 1.54) is 109 Å². The van der Waals surface area contributed by atoms with Gasteiger partial charge in [0.2, 0.25) is 0 Å². The van der Waals surface area contributed by atoms with Crippen LogP contribution in [-0.2, 0) is 21.7 Å². The largest absolute Gasteiger partial charge is 0.0616 e. The van der Waals surface area contributed by atoms with E-state index in [0.717, 1.165) is 0 Å². The summed E-state index contributed by atoms with van der Waals surface area (Å²) in [6.45, 7) is 28.1. The molecule has 0 saturated heterocycles. The van der Waals surface area contributed by atoms with Gasteiger partial charge in [0, 0.05) is 0 Å². The monoisotopic (exact) mass is 754 g/mol. The van der Waals surface area contributed by atoms with Crippen molar-refractivity contribution in [1.82, 2.24) is 0 Å². The van der Waals surface area contributed by atoms with Crippen molar-refractivity contribution < 1.29 is 0 Å². The molecule has 0 spiro atoms. The van der Waals surface area contributed by atoms with Gasteiger partial charge in [-0.15, -0.1) is 0 Å². The molecule has 0 saturated carbocycles. The van der Waals surface area contributed by atoms with E-state index in [1.54, 1.807) is 0 Å². The van der Waals surface area contributed by atoms with Crippen molar-refractivity contribution in [2.75, 3.05) is 0 Å². The van der Waals surface area contributed by atoms with Crippen molar-refractivity contribution in [3.8, 4) is 22.3 Å². The normalized spacial score (nSPS) is 13.2. The van der Waals surface area contributed by atoms with E-state index in [-0.39, 0.29) is 21.7 Å². The Morgan fingerprint density at radius 3 is 1.19 bits per heavy atom. The van der Waals surface area contributed by atoms with Gasteiger partial charge in [-0.25, -0.2) is 0 Å². The van der Waals surface area contributed by atoms with Crippen LogP contribution in [0.15, 0.2) is 133 Å². The standard InChI is InChI=1S/C58H58/c1-55(2,3)38-24-21-36-29-40(57(7,8)9)33-50(48(36)31-38)52-44-19-15-16-20-45(44)54(53-46-26-23-35-17-13-14-18-42(35)43(46)27-28-47(52)53)51-34-41(58(10,11)12)30-37-22-25-39(32-49(37)51)56(4,5)6/h13-34H,1-12H3.